The number of amides is 1. The van der Waals surface area contributed by atoms with E-state index in [1.165, 1.54) is 37.3 Å². The highest BCUT2D eigenvalue weighted by Crippen LogP contribution is 2.30. The summed E-state index contributed by atoms with van der Waals surface area (Å²) in [7, 11) is 0. The van der Waals surface area contributed by atoms with Gasteiger partial charge in [0.2, 0.25) is 0 Å². The van der Waals surface area contributed by atoms with Gasteiger partial charge in [-0.05, 0) is 43.3 Å². The molecule has 3 rings (SSSR count). The lowest BCUT2D eigenvalue weighted by molar-refractivity contribution is -0.384. The highest BCUT2D eigenvalue weighted by Gasteiger charge is 2.33. The predicted octanol–water partition coefficient (Wildman–Crippen LogP) is 6.05. The fourth-order valence-corrected chi connectivity index (χ4v) is 2.93. The summed E-state index contributed by atoms with van der Waals surface area (Å²) >= 11 is 11.2. The van der Waals surface area contributed by atoms with Gasteiger partial charge in [0.15, 0.2) is 0 Å². The fourth-order valence-electron chi connectivity index (χ4n) is 2.56. The third-order valence-corrected chi connectivity index (χ3v) is 4.83. The number of rotatable bonds is 4. The van der Waals surface area contributed by atoms with Gasteiger partial charge in [0.1, 0.15) is 15.7 Å². The van der Waals surface area contributed by atoms with E-state index >= 15 is 0 Å². The van der Waals surface area contributed by atoms with Crippen molar-refractivity contribution < 1.29 is 27.8 Å². The number of carbonyl (C=O) groups excluding carboxylic acids is 1. The Labute approximate surface area is 204 Å². The number of nitrogen functional groups attached to an aromatic ring is 1. The maximum Gasteiger partial charge on any atom is 0.433 e. The number of pyridine rings is 1. The van der Waals surface area contributed by atoms with Crippen molar-refractivity contribution in [3.05, 3.63) is 95.8 Å². The van der Waals surface area contributed by atoms with Crippen LogP contribution in [0.25, 0.3) is 0 Å². The van der Waals surface area contributed by atoms with Crippen molar-refractivity contribution in [2.24, 2.45) is 0 Å². The van der Waals surface area contributed by atoms with Gasteiger partial charge in [-0.15, -0.1) is 0 Å². The number of halogens is 5. The van der Waals surface area contributed by atoms with E-state index in [0.29, 0.717) is 11.8 Å². The third-order valence-electron chi connectivity index (χ3n) is 4.19. The van der Waals surface area contributed by atoms with Gasteiger partial charge in [-0.2, -0.15) is 13.2 Å². The Bertz CT molecular complexity index is 1300. The van der Waals surface area contributed by atoms with E-state index in [-0.39, 0.29) is 32.7 Å². The molecule has 0 atom stereocenters. The first-order valence-corrected chi connectivity index (χ1v) is 9.96. The minimum absolute atomic E-state index is 0.0791. The number of nitrogens with one attached hydrogen (secondary N) is 1. The van der Waals surface area contributed by atoms with E-state index in [1.807, 2.05) is 0 Å². The second-order valence-electron chi connectivity index (χ2n) is 6.67. The van der Waals surface area contributed by atoms with Crippen LogP contribution in [0.4, 0.5) is 35.9 Å². The zero-order chi connectivity index (χ0) is 26.5. The van der Waals surface area contributed by atoms with E-state index in [4.69, 9.17) is 28.9 Å². The highest BCUT2D eigenvalue weighted by atomic mass is 35.5. The number of nitro benzene ring substituents is 2. The van der Waals surface area contributed by atoms with E-state index in [1.54, 1.807) is 0 Å². The molecule has 1 heterocycles. The van der Waals surface area contributed by atoms with Crippen LogP contribution in [0.2, 0.25) is 10.0 Å². The number of hydrogen-bond acceptors (Lipinski definition) is 7. The molecule has 0 aliphatic carbocycles. The first-order valence-electron chi connectivity index (χ1n) is 9.20. The average molecular weight is 532 g/mol. The summed E-state index contributed by atoms with van der Waals surface area (Å²) in [6.07, 6.45) is -4.61. The van der Waals surface area contributed by atoms with Crippen molar-refractivity contribution in [3.8, 4) is 0 Å². The van der Waals surface area contributed by atoms with Gasteiger partial charge in [-0.25, -0.2) is 4.98 Å². The van der Waals surface area contributed by atoms with Gasteiger partial charge in [0, 0.05) is 23.5 Å². The summed E-state index contributed by atoms with van der Waals surface area (Å²) in [6, 6.07) is 9.42. The van der Waals surface area contributed by atoms with Gasteiger partial charge in [-0.1, -0.05) is 23.2 Å². The van der Waals surface area contributed by atoms with Crippen LogP contribution >= 0.6 is 23.2 Å². The number of benzene rings is 2. The van der Waals surface area contributed by atoms with Gasteiger partial charge < -0.3 is 11.1 Å². The van der Waals surface area contributed by atoms with Crippen molar-refractivity contribution in [1.29, 1.82) is 0 Å². The number of carbonyl (C=O) groups is 1. The first-order chi connectivity index (χ1) is 16.2. The molecule has 0 fully saturated rings. The van der Waals surface area contributed by atoms with Crippen LogP contribution < -0.4 is 11.1 Å². The number of hydrogen-bond donors (Lipinski definition) is 2. The number of aromatic nitrogens is 1. The second-order valence-corrected chi connectivity index (χ2v) is 7.49. The maximum absolute atomic E-state index is 12.6. The Hall–Kier alpha value is -3.97. The molecule has 184 valence electrons. The Kier molecular flexibility index (Phi) is 8.55. The number of anilines is 2. The van der Waals surface area contributed by atoms with Crippen molar-refractivity contribution >= 4 is 51.9 Å². The molecule has 2 aromatic carbocycles. The minimum Gasteiger partial charge on any atom is -0.399 e. The largest absolute Gasteiger partial charge is 0.433 e. The molecule has 0 saturated carbocycles. The normalized spacial score (nSPS) is 10.7. The quantitative estimate of drug-likeness (QED) is 0.235. The molecular weight excluding hydrogens is 518 g/mol. The van der Waals surface area contributed by atoms with Crippen LogP contribution in [0.1, 0.15) is 21.7 Å². The third kappa shape index (κ3) is 7.25. The SMILES string of the molecule is Cc1nc(C(F)(F)F)ccc1C(=O)Nc1ccc(Cl)c([N+](=O)[O-])c1.Nc1ccc(Cl)c([N+](=O)[O-])c1. The molecule has 1 aromatic heterocycles. The number of nitro groups is 2. The Morgan fingerprint density at radius 3 is 2.00 bits per heavy atom. The van der Waals surface area contributed by atoms with Gasteiger partial charge in [0.25, 0.3) is 17.3 Å². The molecule has 0 spiro atoms. The highest BCUT2D eigenvalue weighted by molar-refractivity contribution is 6.33. The Morgan fingerprint density at radius 1 is 0.971 bits per heavy atom. The molecule has 10 nitrogen and oxygen atoms in total. The molecule has 0 saturated heterocycles. The van der Waals surface area contributed by atoms with Crippen LogP contribution in [0, 0.1) is 27.2 Å². The topological polar surface area (TPSA) is 154 Å². The molecule has 3 aromatic rings. The van der Waals surface area contributed by atoms with Crippen molar-refractivity contribution in [3.63, 3.8) is 0 Å². The lowest BCUT2D eigenvalue weighted by Crippen LogP contribution is -2.16. The molecule has 0 aliphatic rings. The molecule has 3 N–H and O–H groups in total. The van der Waals surface area contributed by atoms with Crippen LogP contribution in [0.3, 0.4) is 0 Å². The Balaban J connectivity index is 0.000000328. The number of nitrogens with two attached hydrogens (primary N) is 1. The van der Waals surface area contributed by atoms with E-state index in [2.05, 4.69) is 10.3 Å². The summed E-state index contributed by atoms with van der Waals surface area (Å²) in [5.74, 6) is -0.745. The summed E-state index contributed by atoms with van der Waals surface area (Å²) in [4.78, 5) is 35.2. The van der Waals surface area contributed by atoms with Gasteiger partial charge in [0.05, 0.1) is 21.1 Å². The molecule has 0 radical (unpaired) electrons. The Morgan fingerprint density at radius 2 is 1.51 bits per heavy atom. The van der Waals surface area contributed by atoms with E-state index in [9.17, 15) is 38.2 Å². The fraction of sp³-hybridized carbons (Fsp3) is 0.100. The summed E-state index contributed by atoms with van der Waals surface area (Å²) in [6.45, 7) is 1.26. The summed E-state index contributed by atoms with van der Waals surface area (Å²) < 4.78 is 37.7. The molecule has 35 heavy (non-hydrogen) atoms. The van der Waals surface area contributed by atoms with E-state index in [0.717, 1.165) is 12.1 Å². The van der Waals surface area contributed by atoms with Crippen LogP contribution in [0.15, 0.2) is 48.5 Å². The number of aryl methyl sites for hydroxylation is 1. The molecule has 0 unspecified atom stereocenters. The lowest BCUT2D eigenvalue weighted by Gasteiger charge is -2.10. The summed E-state index contributed by atoms with van der Waals surface area (Å²) in [5.41, 5.74) is 3.83. The predicted molar refractivity (Wildman–Crippen MR) is 123 cm³/mol. The van der Waals surface area contributed by atoms with Crippen molar-refractivity contribution in [2.75, 3.05) is 11.1 Å². The van der Waals surface area contributed by atoms with Gasteiger partial charge >= 0.3 is 6.18 Å². The molecule has 0 aliphatic heterocycles. The smallest absolute Gasteiger partial charge is 0.399 e. The van der Waals surface area contributed by atoms with Crippen LogP contribution in [-0.2, 0) is 6.18 Å². The molecular formula is C20H14Cl2F3N5O5. The van der Waals surface area contributed by atoms with Crippen LogP contribution in [-0.4, -0.2) is 20.7 Å². The molecule has 0 bridgehead atoms. The monoisotopic (exact) mass is 531 g/mol. The number of alkyl halides is 3. The second kappa shape index (κ2) is 11.0. The number of nitrogens with zero attached hydrogens (tertiary/aromatic N) is 3. The van der Waals surface area contributed by atoms with E-state index < -0.39 is 33.3 Å². The average Bonchev–Trinajstić information content (AvgIpc) is 2.76. The summed E-state index contributed by atoms with van der Waals surface area (Å²) in [5, 5.41) is 23.4. The van der Waals surface area contributed by atoms with Crippen LogP contribution in [0.5, 0.6) is 0 Å². The zero-order valence-corrected chi connectivity index (χ0v) is 19.0. The van der Waals surface area contributed by atoms with Crippen molar-refractivity contribution in [2.45, 2.75) is 13.1 Å². The van der Waals surface area contributed by atoms with Crippen molar-refractivity contribution in [1.82, 2.24) is 4.98 Å². The first kappa shape index (κ1) is 27.3. The zero-order valence-electron chi connectivity index (χ0n) is 17.5. The van der Waals surface area contributed by atoms with Gasteiger partial charge in [-0.3, -0.25) is 25.0 Å². The molecule has 15 heteroatoms. The minimum atomic E-state index is -4.61. The lowest BCUT2D eigenvalue weighted by atomic mass is 10.1. The maximum atomic E-state index is 12.6. The molecule has 1 amide bonds. The standard InChI is InChI=1S/C14H9ClF3N3O3.C6H5ClN2O2/c1-7-9(3-5-12(19-7)14(16,17)18)13(22)20-8-2-4-10(15)11(6-8)21(23)24;7-5-2-1-4(8)3-6(5)9(10)11/h2-6H,1H3,(H,20,22);1-3H,8H2.